The molecule has 2 N–H and O–H groups in total. The second kappa shape index (κ2) is 7.25. The van der Waals surface area contributed by atoms with E-state index in [2.05, 4.69) is 17.6 Å². The second-order valence-electron chi connectivity index (χ2n) is 6.08. The molecule has 0 aromatic heterocycles. The maximum absolute atomic E-state index is 12.4. The maximum atomic E-state index is 12.4. The topological polar surface area (TPSA) is 50.4 Å². The van der Waals surface area contributed by atoms with Gasteiger partial charge in [0.1, 0.15) is 0 Å². The van der Waals surface area contributed by atoms with E-state index in [-0.39, 0.29) is 11.3 Å². The van der Waals surface area contributed by atoms with Crippen LogP contribution in [0.15, 0.2) is 0 Å². The van der Waals surface area contributed by atoms with Crippen molar-refractivity contribution >= 4 is 5.91 Å². The van der Waals surface area contributed by atoms with Gasteiger partial charge in [-0.3, -0.25) is 4.79 Å². The maximum Gasteiger partial charge on any atom is 0.227 e. The number of rotatable bonds is 8. The van der Waals surface area contributed by atoms with Crippen molar-refractivity contribution in [3.05, 3.63) is 0 Å². The molecule has 2 fully saturated rings. The molecule has 1 aliphatic heterocycles. The predicted molar refractivity (Wildman–Crippen MR) is 76.0 cm³/mol. The third kappa shape index (κ3) is 4.46. The van der Waals surface area contributed by atoms with Crippen LogP contribution in [0.2, 0.25) is 0 Å². The fraction of sp³-hybridized carbons (Fsp3) is 0.933. The minimum Gasteiger partial charge on any atom is -0.379 e. The summed E-state index contributed by atoms with van der Waals surface area (Å²) in [7, 11) is 0. The Morgan fingerprint density at radius 2 is 2.32 bits per heavy atom. The van der Waals surface area contributed by atoms with Crippen molar-refractivity contribution in [3.8, 4) is 0 Å². The number of carbonyl (C=O) groups excluding carboxylic acids is 1. The Labute approximate surface area is 116 Å². The van der Waals surface area contributed by atoms with E-state index in [0.29, 0.717) is 13.2 Å². The lowest BCUT2D eigenvalue weighted by Gasteiger charge is -2.36. The van der Waals surface area contributed by atoms with Gasteiger partial charge in [0.05, 0.1) is 12.0 Å². The summed E-state index contributed by atoms with van der Waals surface area (Å²) in [5, 5.41) is 6.44. The zero-order valence-electron chi connectivity index (χ0n) is 12.2. The molecular formula is C15H28N2O2. The summed E-state index contributed by atoms with van der Waals surface area (Å²) >= 11 is 0. The van der Waals surface area contributed by atoms with Gasteiger partial charge in [-0.1, -0.05) is 13.3 Å². The van der Waals surface area contributed by atoms with Crippen molar-refractivity contribution in [1.29, 1.82) is 0 Å². The molecule has 1 aliphatic carbocycles. The van der Waals surface area contributed by atoms with Crippen LogP contribution < -0.4 is 10.6 Å². The first kappa shape index (κ1) is 14.8. The summed E-state index contributed by atoms with van der Waals surface area (Å²) in [4.78, 5) is 12.4. The first-order valence-corrected chi connectivity index (χ1v) is 7.83. The fourth-order valence-corrected chi connectivity index (χ4v) is 2.93. The quantitative estimate of drug-likeness (QED) is 0.659. The van der Waals surface area contributed by atoms with Crippen molar-refractivity contribution in [3.63, 3.8) is 0 Å². The fourth-order valence-electron chi connectivity index (χ4n) is 2.93. The van der Waals surface area contributed by atoms with Crippen LogP contribution in [0.4, 0.5) is 0 Å². The second-order valence-corrected chi connectivity index (χ2v) is 6.08. The molecule has 4 heteroatoms. The van der Waals surface area contributed by atoms with E-state index in [0.717, 1.165) is 51.3 Å². The van der Waals surface area contributed by atoms with Crippen molar-refractivity contribution in [1.82, 2.24) is 10.6 Å². The van der Waals surface area contributed by atoms with E-state index in [4.69, 9.17) is 4.74 Å². The minimum atomic E-state index is -0.177. The lowest BCUT2D eigenvalue weighted by atomic mass is 9.76. The summed E-state index contributed by atoms with van der Waals surface area (Å²) in [5.41, 5.74) is -0.177. The number of hydrogen-bond donors (Lipinski definition) is 2. The number of hydrogen-bond acceptors (Lipinski definition) is 3. The van der Waals surface area contributed by atoms with Crippen molar-refractivity contribution in [2.75, 3.05) is 32.8 Å². The first-order valence-electron chi connectivity index (χ1n) is 7.83. The van der Waals surface area contributed by atoms with Crippen LogP contribution in [0.1, 0.15) is 45.4 Å². The molecule has 0 spiro atoms. The van der Waals surface area contributed by atoms with E-state index in [1.165, 1.54) is 12.8 Å². The molecule has 1 saturated carbocycles. The first-order chi connectivity index (χ1) is 9.27. The van der Waals surface area contributed by atoms with E-state index in [9.17, 15) is 4.79 Å². The van der Waals surface area contributed by atoms with E-state index < -0.39 is 0 Å². The van der Waals surface area contributed by atoms with Crippen LogP contribution in [-0.4, -0.2) is 38.8 Å². The molecule has 0 bridgehead atoms. The highest BCUT2D eigenvalue weighted by atomic mass is 16.5. The Hall–Kier alpha value is -0.610. The average Bonchev–Trinajstić information content (AvgIpc) is 3.23. The molecule has 110 valence electrons. The van der Waals surface area contributed by atoms with Gasteiger partial charge in [-0.15, -0.1) is 0 Å². The molecule has 1 unspecified atom stereocenters. The van der Waals surface area contributed by atoms with Gasteiger partial charge < -0.3 is 15.4 Å². The van der Waals surface area contributed by atoms with Gasteiger partial charge in [-0.25, -0.2) is 0 Å². The smallest absolute Gasteiger partial charge is 0.227 e. The van der Waals surface area contributed by atoms with Crippen LogP contribution in [-0.2, 0) is 9.53 Å². The molecule has 2 aliphatic rings. The lowest BCUT2D eigenvalue weighted by Crippen LogP contribution is -2.51. The lowest BCUT2D eigenvalue weighted by molar-refractivity contribution is -0.132. The summed E-state index contributed by atoms with van der Waals surface area (Å²) in [6.07, 6.45) is 6.80. The van der Waals surface area contributed by atoms with Gasteiger partial charge in [-0.2, -0.15) is 0 Å². The highest BCUT2D eigenvalue weighted by molar-refractivity contribution is 5.83. The number of piperidine rings is 1. The molecule has 1 saturated heterocycles. The van der Waals surface area contributed by atoms with Gasteiger partial charge in [0.2, 0.25) is 5.91 Å². The number of nitrogens with one attached hydrogen (secondary N) is 2. The summed E-state index contributed by atoms with van der Waals surface area (Å²) in [6.45, 7) is 6.20. The summed E-state index contributed by atoms with van der Waals surface area (Å²) in [6, 6.07) is 0. The SMILES string of the molecule is CCCC1(C(=O)NCCOCC2CC2)CCCNC1. The van der Waals surface area contributed by atoms with E-state index in [1.807, 2.05) is 0 Å². The average molecular weight is 268 g/mol. The minimum absolute atomic E-state index is 0.177. The van der Waals surface area contributed by atoms with Gasteiger partial charge in [0, 0.05) is 19.7 Å². The van der Waals surface area contributed by atoms with Gasteiger partial charge in [0.15, 0.2) is 0 Å². The number of amides is 1. The standard InChI is InChI=1S/C15H28N2O2/c1-2-6-15(7-3-8-16-12-15)14(18)17-9-10-19-11-13-4-5-13/h13,16H,2-12H2,1H3,(H,17,18). The van der Waals surface area contributed by atoms with Crippen LogP contribution in [0, 0.1) is 11.3 Å². The summed E-state index contributed by atoms with van der Waals surface area (Å²) < 4.78 is 5.56. The normalized spacial score (nSPS) is 27.2. The summed E-state index contributed by atoms with van der Waals surface area (Å²) in [5.74, 6) is 1.02. The van der Waals surface area contributed by atoms with Gasteiger partial charge >= 0.3 is 0 Å². The van der Waals surface area contributed by atoms with Crippen molar-refractivity contribution in [2.45, 2.75) is 45.4 Å². The zero-order chi connectivity index (χ0) is 13.6. The molecule has 0 radical (unpaired) electrons. The Kier molecular flexibility index (Phi) is 5.64. The number of ether oxygens (including phenoxy) is 1. The molecule has 0 aromatic rings. The third-order valence-electron chi connectivity index (χ3n) is 4.26. The molecule has 4 nitrogen and oxygen atoms in total. The van der Waals surface area contributed by atoms with E-state index >= 15 is 0 Å². The Morgan fingerprint density at radius 1 is 1.47 bits per heavy atom. The van der Waals surface area contributed by atoms with Gasteiger partial charge in [0.25, 0.3) is 0 Å². The Balaban J connectivity index is 1.68. The number of carbonyl (C=O) groups is 1. The zero-order valence-corrected chi connectivity index (χ0v) is 12.2. The Bertz CT molecular complexity index is 278. The molecule has 1 amide bonds. The highest BCUT2D eigenvalue weighted by Crippen LogP contribution is 2.31. The van der Waals surface area contributed by atoms with Crippen LogP contribution in [0.5, 0.6) is 0 Å². The van der Waals surface area contributed by atoms with E-state index in [1.54, 1.807) is 0 Å². The third-order valence-corrected chi connectivity index (χ3v) is 4.26. The molecule has 19 heavy (non-hydrogen) atoms. The van der Waals surface area contributed by atoms with Crippen LogP contribution in [0.25, 0.3) is 0 Å². The van der Waals surface area contributed by atoms with Crippen LogP contribution >= 0.6 is 0 Å². The molecule has 1 heterocycles. The molecule has 2 rings (SSSR count). The molecule has 0 aromatic carbocycles. The van der Waals surface area contributed by atoms with Gasteiger partial charge in [-0.05, 0) is 44.6 Å². The predicted octanol–water partition coefficient (Wildman–Crippen LogP) is 1.70. The van der Waals surface area contributed by atoms with Crippen molar-refractivity contribution < 1.29 is 9.53 Å². The van der Waals surface area contributed by atoms with Crippen molar-refractivity contribution in [2.24, 2.45) is 11.3 Å². The molecular weight excluding hydrogens is 240 g/mol. The highest BCUT2D eigenvalue weighted by Gasteiger charge is 2.38. The van der Waals surface area contributed by atoms with Crippen LogP contribution in [0.3, 0.4) is 0 Å². The molecule has 1 atom stereocenters. The largest absolute Gasteiger partial charge is 0.379 e. The monoisotopic (exact) mass is 268 g/mol. The Morgan fingerprint density at radius 3 is 2.95 bits per heavy atom.